The van der Waals surface area contributed by atoms with Crippen molar-refractivity contribution in [2.24, 2.45) is 0 Å². The summed E-state index contributed by atoms with van der Waals surface area (Å²) >= 11 is 0. The predicted octanol–water partition coefficient (Wildman–Crippen LogP) is 4.00. The number of nitrogens with one attached hydrogen (secondary N) is 1. The lowest BCUT2D eigenvalue weighted by atomic mass is 10.1. The number of piperidine rings is 2. The zero-order valence-corrected chi connectivity index (χ0v) is 17.2. The maximum Gasteiger partial charge on any atom is 0.121 e. The lowest BCUT2D eigenvalue weighted by Gasteiger charge is -2.39. The Morgan fingerprint density at radius 2 is 1.79 bits per heavy atom. The van der Waals surface area contributed by atoms with E-state index < -0.39 is 0 Å². The van der Waals surface area contributed by atoms with E-state index in [9.17, 15) is 0 Å². The van der Waals surface area contributed by atoms with E-state index in [1.54, 1.807) is 7.11 Å². The Morgan fingerprint density at radius 3 is 2.54 bits per heavy atom. The summed E-state index contributed by atoms with van der Waals surface area (Å²) in [5.41, 5.74) is 2.11. The lowest BCUT2D eigenvalue weighted by Crippen LogP contribution is -2.50. The Kier molecular flexibility index (Phi) is 6.65. The van der Waals surface area contributed by atoms with E-state index in [4.69, 9.17) is 4.74 Å². The summed E-state index contributed by atoms with van der Waals surface area (Å²) in [5, 5.41) is 4.86. The van der Waals surface area contributed by atoms with Gasteiger partial charge in [0.15, 0.2) is 0 Å². The minimum Gasteiger partial charge on any atom is -0.497 e. The second-order valence-electron chi connectivity index (χ2n) is 8.24. The summed E-state index contributed by atoms with van der Waals surface area (Å²) in [6.45, 7) is 7.11. The molecule has 5 nitrogen and oxygen atoms in total. The predicted molar refractivity (Wildman–Crippen MR) is 116 cm³/mol. The molecule has 1 aromatic heterocycles. The van der Waals surface area contributed by atoms with Crippen molar-refractivity contribution in [2.45, 2.75) is 44.6 Å². The number of nitrogens with zero attached hydrogens (tertiary/aromatic N) is 3. The molecule has 2 saturated heterocycles. The van der Waals surface area contributed by atoms with Gasteiger partial charge in [0.2, 0.25) is 0 Å². The first-order chi connectivity index (χ1) is 13.8. The van der Waals surface area contributed by atoms with E-state index in [0.717, 1.165) is 28.9 Å². The van der Waals surface area contributed by atoms with Crippen molar-refractivity contribution in [1.29, 1.82) is 0 Å². The minimum absolute atomic E-state index is 0.545. The molecule has 0 aliphatic carbocycles. The van der Waals surface area contributed by atoms with Gasteiger partial charge >= 0.3 is 0 Å². The van der Waals surface area contributed by atoms with Gasteiger partial charge in [0, 0.05) is 36.8 Å². The number of methoxy groups -OCH3 is 1. The SMILES string of the molecule is COc1cc(NCC(CN2CCCCC2)N2CCCCC2)c2ncccc2c1. The number of pyridine rings is 1. The maximum atomic E-state index is 5.52. The first kappa shape index (κ1) is 19.5. The van der Waals surface area contributed by atoms with Crippen LogP contribution in [0.2, 0.25) is 0 Å². The third kappa shape index (κ3) is 4.76. The van der Waals surface area contributed by atoms with E-state index >= 15 is 0 Å². The third-order valence-corrected chi connectivity index (χ3v) is 6.27. The second-order valence-corrected chi connectivity index (χ2v) is 8.24. The van der Waals surface area contributed by atoms with E-state index in [-0.39, 0.29) is 0 Å². The molecule has 2 aliphatic heterocycles. The molecule has 2 aliphatic rings. The van der Waals surface area contributed by atoms with Gasteiger partial charge in [-0.25, -0.2) is 0 Å². The molecule has 3 heterocycles. The highest BCUT2D eigenvalue weighted by atomic mass is 16.5. The molecule has 1 aromatic carbocycles. The van der Waals surface area contributed by atoms with E-state index in [1.165, 1.54) is 71.2 Å². The Balaban J connectivity index is 1.50. The largest absolute Gasteiger partial charge is 0.497 e. The van der Waals surface area contributed by atoms with Crippen LogP contribution in [0.5, 0.6) is 5.75 Å². The molecule has 152 valence electrons. The van der Waals surface area contributed by atoms with Gasteiger partial charge in [-0.2, -0.15) is 0 Å². The molecule has 0 amide bonds. The normalized spacial score (nSPS) is 20.2. The van der Waals surface area contributed by atoms with Crippen molar-refractivity contribution in [3.63, 3.8) is 0 Å². The fraction of sp³-hybridized carbons (Fsp3) is 0.609. The van der Waals surface area contributed by atoms with Gasteiger partial charge in [0.25, 0.3) is 0 Å². The highest BCUT2D eigenvalue weighted by Gasteiger charge is 2.24. The lowest BCUT2D eigenvalue weighted by molar-refractivity contribution is 0.114. The summed E-state index contributed by atoms with van der Waals surface area (Å²) in [6.07, 6.45) is 10.0. The van der Waals surface area contributed by atoms with Crippen LogP contribution in [0, 0.1) is 0 Å². The number of ether oxygens (including phenoxy) is 1. The molecule has 1 unspecified atom stereocenters. The zero-order chi connectivity index (χ0) is 19.2. The third-order valence-electron chi connectivity index (χ3n) is 6.27. The van der Waals surface area contributed by atoms with Crippen molar-refractivity contribution < 1.29 is 4.74 Å². The molecule has 0 spiro atoms. The zero-order valence-electron chi connectivity index (χ0n) is 17.2. The molecule has 2 aromatic rings. The first-order valence-electron chi connectivity index (χ1n) is 11.0. The van der Waals surface area contributed by atoms with E-state index in [0.29, 0.717) is 6.04 Å². The van der Waals surface area contributed by atoms with Gasteiger partial charge in [-0.15, -0.1) is 0 Å². The van der Waals surface area contributed by atoms with E-state index in [2.05, 4.69) is 38.3 Å². The highest BCUT2D eigenvalue weighted by molar-refractivity contribution is 5.91. The van der Waals surface area contributed by atoms with Crippen LogP contribution in [-0.2, 0) is 0 Å². The minimum atomic E-state index is 0.545. The fourth-order valence-electron chi connectivity index (χ4n) is 4.68. The average molecular weight is 383 g/mol. The number of benzene rings is 1. The van der Waals surface area contributed by atoms with Gasteiger partial charge in [-0.1, -0.05) is 18.9 Å². The number of anilines is 1. The second kappa shape index (κ2) is 9.57. The fourth-order valence-corrected chi connectivity index (χ4v) is 4.68. The summed E-state index contributed by atoms with van der Waals surface area (Å²) in [4.78, 5) is 10.0. The van der Waals surface area contributed by atoms with Crippen LogP contribution >= 0.6 is 0 Å². The summed E-state index contributed by atoms with van der Waals surface area (Å²) in [5.74, 6) is 0.883. The van der Waals surface area contributed by atoms with Crippen LogP contribution in [0.25, 0.3) is 10.9 Å². The van der Waals surface area contributed by atoms with Crippen LogP contribution in [0.15, 0.2) is 30.5 Å². The maximum absolute atomic E-state index is 5.52. The van der Waals surface area contributed by atoms with Crippen molar-refractivity contribution >= 4 is 16.6 Å². The van der Waals surface area contributed by atoms with Crippen molar-refractivity contribution in [3.05, 3.63) is 30.5 Å². The standard InChI is InChI=1S/C23H34N4O/c1-28-21-15-19-9-8-10-24-23(19)22(16-21)25-17-20(27-13-6-3-7-14-27)18-26-11-4-2-5-12-26/h8-10,15-16,20,25H,2-7,11-14,17-18H2,1H3. The molecular formula is C23H34N4O. The number of rotatable bonds is 7. The molecule has 4 rings (SSSR count). The molecule has 1 N–H and O–H groups in total. The Hall–Kier alpha value is -1.85. The molecule has 0 radical (unpaired) electrons. The van der Waals surface area contributed by atoms with Crippen LogP contribution < -0.4 is 10.1 Å². The van der Waals surface area contributed by atoms with Crippen molar-refractivity contribution in [1.82, 2.24) is 14.8 Å². The quantitative estimate of drug-likeness (QED) is 0.784. The van der Waals surface area contributed by atoms with Crippen molar-refractivity contribution in [2.75, 3.05) is 51.7 Å². The molecule has 0 saturated carbocycles. The van der Waals surface area contributed by atoms with Gasteiger partial charge in [0.1, 0.15) is 5.75 Å². The molecule has 5 heteroatoms. The highest BCUT2D eigenvalue weighted by Crippen LogP contribution is 2.28. The Labute approximate surface area is 169 Å². The number of fused-ring (bicyclic) bond motifs is 1. The van der Waals surface area contributed by atoms with Gasteiger partial charge in [-0.3, -0.25) is 9.88 Å². The number of hydrogen-bond acceptors (Lipinski definition) is 5. The summed E-state index contributed by atoms with van der Waals surface area (Å²) in [7, 11) is 1.73. The van der Waals surface area contributed by atoms with Gasteiger partial charge < -0.3 is 15.0 Å². The van der Waals surface area contributed by atoms with Crippen LogP contribution in [0.3, 0.4) is 0 Å². The van der Waals surface area contributed by atoms with Crippen LogP contribution in [0.4, 0.5) is 5.69 Å². The first-order valence-corrected chi connectivity index (χ1v) is 11.0. The monoisotopic (exact) mass is 382 g/mol. The topological polar surface area (TPSA) is 40.6 Å². The smallest absolute Gasteiger partial charge is 0.121 e. The average Bonchev–Trinajstić information content (AvgIpc) is 2.77. The summed E-state index contributed by atoms with van der Waals surface area (Å²) < 4.78 is 5.52. The van der Waals surface area contributed by atoms with Gasteiger partial charge in [0.05, 0.1) is 18.3 Å². The Morgan fingerprint density at radius 1 is 1.04 bits per heavy atom. The molecule has 28 heavy (non-hydrogen) atoms. The van der Waals surface area contributed by atoms with Crippen molar-refractivity contribution in [3.8, 4) is 5.75 Å². The van der Waals surface area contributed by atoms with Crippen LogP contribution in [-0.4, -0.2) is 67.2 Å². The number of hydrogen-bond donors (Lipinski definition) is 1. The van der Waals surface area contributed by atoms with E-state index in [1.807, 2.05) is 12.3 Å². The summed E-state index contributed by atoms with van der Waals surface area (Å²) in [6, 6.07) is 8.78. The molecule has 2 fully saturated rings. The molecular weight excluding hydrogens is 348 g/mol. The number of likely N-dealkylation sites (tertiary alicyclic amines) is 2. The molecule has 1 atom stereocenters. The number of aromatic nitrogens is 1. The van der Waals surface area contributed by atoms with Crippen LogP contribution in [0.1, 0.15) is 38.5 Å². The van der Waals surface area contributed by atoms with Gasteiger partial charge in [-0.05, 0) is 64.0 Å². The Bertz CT molecular complexity index is 753. The molecule has 0 bridgehead atoms.